The van der Waals surface area contributed by atoms with E-state index >= 15 is 0 Å². The number of nitrogens with one attached hydrogen (secondary N) is 2. The highest BCUT2D eigenvalue weighted by Crippen LogP contribution is 2.19. The van der Waals surface area contributed by atoms with E-state index in [1.54, 1.807) is 4.90 Å². The van der Waals surface area contributed by atoms with Crippen molar-refractivity contribution >= 4 is 17.4 Å². The quantitative estimate of drug-likeness (QED) is 0.767. The van der Waals surface area contributed by atoms with E-state index in [1.807, 2.05) is 24.3 Å². The molecule has 0 aliphatic carbocycles. The highest BCUT2D eigenvalue weighted by atomic mass is 16.2. The van der Waals surface area contributed by atoms with Gasteiger partial charge in [-0.25, -0.2) is 4.79 Å². The number of unbranched alkanes of at least 4 members (excludes halogenated alkanes) is 1. The number of carbonyl (C=O) groups excluding carboxylic acids is 1. The van der Waals surface area contributed by atoms with Crippen LogP contribution in [-0.4, -0.2) is 25.7 Å². The Morgan fingerprint density at radius 2 is 2.12 bits per heavy atom. The smallest absolute Gasteiger partial charge is 0.321 e. The number of urea groups is 1. The summed E-state index contributed by atoms with van der Waals surface area (Å²) in [4.78, 5) is 13.2. The lowest BCUT2D eigenvalue weighted by Crippen LogP contribution is -2.27. The summed E-state index contributed by atoms with van der Waals surface area (Å²) in [6.07, 6.45) is 2.37. The van der Waals surface area contributed by atoms with Crippen molar-refractivity contribution in [3.63, 3.8) is 0 Å². The van der Waals surface area contributed by atoms with Gasteiger partial charge in [-0.1, -0.05) is 13.3 Å². The lowest BCUT2D eigenvalue weighted by Gasteiger charge is -2.14. The number of rotatable bonds is 5. The van der Waals surface area contributed by atoms with Crippen LogP contribution in [0.2, 0.25) is 0 Å². The van der Waals surface area contributed by atoms with Gasteiger partial charge < -0.3 is 10.6 Å². The third kappa shape index (κ3) is 2.90. The number of hydrogen-bond donors (Lipinski definition) is 2. The molecular weight excluding hydrogens is 214 g/mol. The Kier molecular flexibility index (Phi) is 3.85. The maximum absolute atomic E-state index is 11.5. The van der Waals surface area contributed by atoms with Gasteiger partial charge in [0.05, 0.1) is 0 Å². The molecule has 17 heavy (non-hydrogen) atoms. The first-order valence-electron chi connectivity index (χ1n) is 6.20. The van der Waals surface area contributed by atoms with Gasteiger partial charge in [-0.05, 0) is 30.7 Å². The van der Waals surface area contributed by atoms with Gasteiger partial charge in [-0.15, -0.1) is 0 Å². The summed E-state index contributed by atoms with van der Waals surface area (Å²) in [5, 5.41) is 6.15. The van der Waals surface area contributed by atoms with E-state index in [4.69, 9.17) is 0 Å². The minimum Gasteiger partial charge on any atom is -0.385 e. The number of hydrogen-bond acceptors (Lipinski definition) is 2. The van der Waals surface area contributed by atoms with Gasteiger partial charge in [0.2, 0.25) is 0 Å². The van der Waals surface area contributed by atoms with Crippen molar-refractivity contribution < 1.29 is 4.79 Å². The molecule has 1 aliphatic heterocycles. The van der Waals surface area contributed by atoms with Crippen molar-refractivity contribution in [2.45, 2.75) is 19.8 Å². The molecule has 0 spiro atoms. The fraction of sp³-hybridized carbons (Fsp3) is 0.462. The van der Waals surface area contributed by atoms with Gasteiger partial charge in [-0.3, -0.25) is 4.90 Å². The van der Waals surface area contributed by atoms with Crippen LogP contribution in [0.4, 0.5) is 16.2 Å². The molecule has 2 amide bonds. The van der Waals surface area contributed by atoms with Crippen LogP contribution >= 0.6 is 0 Å². The Labute approximate surface area is 102 Å². The third-order valence-electron chi connectivity index (χ3n) is 2.90. The minimum atomic E-state index is -0.00306. The van der Waals surface area contributed by atoms with Crippen molar-refractivity contribution in [1.29, 1.82) is 0 Å². The molecule has 1 saturated heterocycles. The average molecular weight is 233 g/mol. The monoisotopic (exact) mass is 233 g/mol. The summed E-state index contributed by atoms with van der Waals surface area (Å²) in [6.45, 7) is 4.66. The maximum atomic E-state index is 11.5. The summed E-state index contributed by atoms with van der Waals surface area (Å²) < 4.78 is 0. The summed E-state index contributed by atoms with van der Waals surface area (Å²) in [5.41, 5.74) is 2.07. The molecule has 2 N–H and O–H groups in total. The van der Waals surface area contributed by atoms with Crippen LogP contribution in [0.1, 0.15) is 19.8 Å². The molecular formula is C13H19N3O. The Hall–Kier alpha value is -1.71. The lowest BCUT2D eigenvalue weighted by atomic mass is 10.2. The van der Waals surface area contributed by atoms with Crippen LogP contribution in [-0.2, 0) is 0 Å². The molecule has 1 heterocycles. The SMILES string of the molecule is CCCCNc1ccc(N2CCNC2=O)cc1. The van der Waals surface area contributed by atoms with Crippen molar-refractivity contribution in [3.05, 3.63) is 24.3 Å². The van der Waals surface area contributed by atoms with Gasteiger partial charge in [0.25, 0.3) is 0 Å². The van der Waals surface area contributed by atoms with Crippen LogP contribution in [0.5, 0.6) is 0 Å². The zero-order valence-corrected chi connectivity index (χ0v) is 10.2. The van der Waals surface area contributed by atoms with Crippen LogP contribution in [0.25, 0.3) is 0 Å². The van der Waals surface area contributed by atoms with Gasteiger partial charge >= 0.3 is 6.03 Å². The molecule has 0 aromatic heterocycles. The first-order valence-corrected chi connectivity index (χ1v) is 6.20. The molecule has 1 aromatic carbocycles. The van der Waals surface area contributed by atoms with Crippen LogP contribution < -0.4 is 15.5 Å². The molecule has 0 unspecified atom stereocenters. The third-order valence-corrected chi connectivity index (χ3v) is 2.90. The van der Waals surface area contributed by atoms with Crippen molar-refractivity contribution in [3.8, 4) is 0 Å². The second-order valence-corrected chi connectivity index (χ2v) is 4.21. The zero-order valence-electron chi connectivity index (χ0n) is 10.2. The molecule has 4 nitrogen and oxygen atoms in total. The number of nitrogens with zero attached hydrogens (tertiary/aromatic N) is 1. The molecule has 92 valence electrons. The van der Waals surface area contributed by atoms with Crippen molar-refractivity contribution in [2.24, 2.45) is 0 Å². The van der Waals surface area contributed by atoms with Crippen molar-refractivity contribution in [1.82, 2.24) is 5.32 Å². The molecule has 0 bridgehead atoms. The molecule has 2 rings (SSSR count). The molecule has 0 saturated carbocycles. The first-order chi connectivity index (χ1) is 8.31. The normalized spacial score (nSPS) is 14.9. The van der Waals surface area contributed by atoms with Gasteiger partial charge in [0.1, 0.15) is 0 Å². The first kappa shape index (κ1) is 11.8. The zero-order chi connectivity index (χ0) is 12.1. The average Bonchev–Trinajstić information content (AvgIpc) is 2.77. The number of benzene rings is 1. The molecule has 0 atom stereocenters. The van der Waals surface area contributed by atoms with Crippen LogP contribution in [0.15, 0.2) is 24.3 Å². The van der Waals surface area contributed by atoms with Crippen LogP contribution in [0.3, 0.4) is 0 Å². The molecule has 1 aliphatic rings. The predicted molar refractivity (Wildman–Crippen MR) is 70.6 cm³/mol. The largest absolute Gasteiger partial charge is 0.385 e. The second-order valence-electron chi connectivity index (χ2n) is 4.21. The standard InChI is InChI=1S/C13H19N3O/c1-2-3-8-14-11-4-6-12(7-5-11)16-10-9-15-13(16)17/h4-7,14H,2-3,8-10H2,1H3,(H,15,17). The van der Waals surface area contributed by atoms with Crippen molar-refractivity contribution in [2.75, 3.05) is 29.9 Å². The summed E-state index contributed by atoms with van der Waals surface area (Å²) in [6, 6.07) is 8.02. The highest BCUT2D eigenvalue weighted by molar-refractivity contribution is 5.94. The van der Waals surface area contributed by atoms with Gasteiger partial charge in [0.15, 0.2) is 0 Å². The number of amides is 2. The molecule has 1 aromatic rings. The minimum absolute atomic E-state index is 0.00306. The van der Waals surface area contributed by atoms with E-state index in [0.29, 0.717) is 0 Å². The number of carbonyl (C=O) groups is 1. The lowest BCUT2D eigenvalue weighted by molar-refractivity contribution is 0.252. The molecule has 0 radical (unpaired) electrons. The Bertz CT molecular complexity index is 375. The summed E-state index contributed by atoms with van der Waals surface area (Å²) >= 11 is 0. The number of anilines is 2. The maximum Gasteiger partial charge on any atom is 0.321 e. The highest BCUT2D eigenvalue weighted by Gasteiger charge is 2.20. The van der Waals surface area contributed by atoms with Crippen LogP contribution in [0, 0.1) is 0 Å². The second kappa shape index (κ2) is 5.57. The van der Waals surface area contributed by atoms with Gasteiger partial charge in [0, 0.05) is 31.0 Å². The fourth-order valence-corrected chi connectivity index (χ4v) is 1.89. The predicted octanol–water partition coefficient (Wildman–Crippen LogP) is 2.43. The van der Waals surface area contributed by atoms with E-state index in [-0.39, 0.29) is 6.03 Å². The summed E-state index contributed by atoms with van der Waals surface area (Å²) in [7, 11) is 0. The summed E-state index contributed by atoms with van der Waals surface area (Å²) in [5.74, 6) is 0. The molecule has 1 fully saturated rings. The Balaban J connectivity index is 1.95. The van der Waals surface area contributed by atoms with E-state index < -0.39 is 0 Å². The topological polar surface area (TPSA) is 44.4 Å². The fourth-order valence-electron chi connectivity index (χ4n) is 1.89. The van der Waals surface area contributed by atoms with E-state index in [1.165, 1.54) is 12.8 Å². The van der Waals surface area contributed by atoms with Gasteiger partial charge in [-0.2, -0.15) is 0 Å². The molecule has 4 heteroatoms. The Morgan fingerprint density at radius 3 is 2.71 bits per heavy atom. The van der Waals surface area contributed by atoms with E-state index in [9.17, 15) is 4.79 Å². The Morgan fingerprint density at radius 1 is 1.35 bits per heavy atom. The van der Waals surface area contributed by atoms with E-state index in [0.717, 1.165) is 31.0 Å². The van der Waals surface area contributed by atoms with E-state index in [2.05, 4.69) is 17.6 Å².